The molecule has 0 fully saturated rings. The molecule has 0 saturated heterocycles. The van der Waals surface area contributed by atoms with Crippen molar-refractivity contribution in [2.24, 2.45) is 0 Å². The Hall–Kier alpha value is -1.49. The van der Waals surface area contributed by atoms with E-state index in [0.717, 1.165) is 6.20 Å². The molecule has 0 aromatic carbocycles. The van der Waals surface area contributed by atoms with Crippen molar-refractivity contribution in [1.29, 1.82) is 0 Å². The topological polar surface area (TPSA) is 51.2 Å². The largest absolute Gasteiger partial charge is 0.277 e. The van der Waals surface area contributed by atoms with Crippen molar-refractivity contribution in [3.63, 3.8) is 0 Å². The summed E-state index contributed by atoms with van der Waals surface area (Å²) in [6, 6.07) is 1.27. The van der Waals surface area contributed by atoms with Gasteiger partial charge in [0.25, 0.3) is 5.91 Å². The Bertz CT molecular complexity index is 290. The Morgan fingerprint density at radius 2 is 2.50 bits per heavy atom. The van der Waals surface area contributed by atoms with E-state index in [2.05, 4.69) is 9.82 Å². The number of hydrogen-bond donors (Lipinski definition) is 1. The van der Waals surface area contributed by atoms with Crippen LogP contribution < -0.4 is 5.48 Å². The number of rotatable bonds is 2. The average molecular weight is 170 g/mol. The Balaban J connectivity index is 2.87. The number of nitrogens with one attached hydrogen (secondary N) is 1. The maximum Gasteiger partial charge on any atom is 0.277 e. The highest BCUT2D eigenvalue weighted by atomic mass is 19.1. The number of pyridine rings is 1. The van der Waals surface area contributed by atoms with Crippen LogP contribution in [0.25, 0.3) is 0 Å². The second-order valence-electron chi connectivity index (χ2n) is 1.99. The number of halogens is 1. The molecule has 12 heavy (non-hydrogen) atoms. The van der Waals surface area contributed by atoms with Gasteiger partial charge in [-0.25, -0.2) is 9.87 Å². The molecule has 1 aromatic rings. The quantitative estimate of drug-likeness (QED) is 0.658. The van der Waals surface area contributed by atoms with Crippen molar-refractivity contribution in [2.75, 3.05) is 7.11 Å². The lowest BCUT2D eigenvalue weighted by molar-refractivity contribution is 0.0533. The van der Waals surface area contributed by atoms with Crippen LogP contribution in [0.2, 0.25) is 0 Å². The fourth-order valence-electron chi connectivity index (χ4n) is 0.707. The number of hydroxylamine groups is 1. The van der Waals surface area contributed by atoms with Crippen LogP contribution in [0.1, 0.15) is 10.4 Å². The van der Waals surface area contributed by atoms with Gasteiger partial charge in [-0.05, 0) is 6.07 Å². The Labute approximate surface area is 68.3 Å². The zero-order valence-electron chi connectivity index (χ0n) is 6.37. The number of nitrogens with zero attached hydrogens (tertiary/aromatic N) is 1. The molecule has 5 heteroatoms. The summed E-state index contributed by atoms with van der Waals surface area (Å²) in [6.07, 6.45) is 2.29. The molecule has 1 N–H and O–H groups in total. The van der Waals surface area contributed by atoms with E-state index < -0.39 is 11.7 Å². The van der Waals surface area contributed by atoms with Gasteiger partial charge >= 0.3 is 0 Å². The third-order valence-electron chi connectivity index (χ3n) is 1.21. The van der Waals surface area contributed by atoms with E-state index in [1.54, 1.807) is 0 Å². The van der Waals surface area contributed by atoms with E-state index in [1.165, 1.54) is 19.4 Å². The second-order valence-corrected chi connectivity index (χ2v) is 1.99. The highest BCUT2D eigenvalue weighted by Gasteiger charge is 2.09. The first-order chi connectivity index (χ1) is 5.75. The summed E-state index contributed by atoms with van der Waals surface area (Å²) in [5.74, 6) is -1.30. The lowest BCUT2D eigenvalue weighted by Gasteiger charge is -2.01. The summed E-state index contributed by atoms with van der Waals surface area (Å²) in [6.45, 7) is 0. The molecule has 0 aliphatic rings. The van der Waals surface area contributed by atoms with E-state index in [1.807, 2.05) is 5.48 Å². The summed E-state index contributed by atoms with van der Waals surface area (Å²) in [5, 5.41) is 0. The molecule has 64 valence electrons. The van der Waals surface area contributed by atoms with Gasteiger partial charge in [0.15, 0.2) is 5.82 Å². The monoisotopic (exact) mass is 170 g/mol. The summed E-state index contributed by atoms with van der Waals surface area (Å²) in [7, 11) is 1.27. The summed E-state index contributed by atoms with van der Waals surface area (Å²) < 4.78 is 12.8. The van der Waals surface area contributed by atoms with Crippen LogP contribution in [0.15, 0.2) is 18.5 Å². The van der Waals surface area contributed by atoms with Crippen molar-refractivity contribution in [2.45, 2.75) is 0 Å². The van der Waals surface area contributed by atoms with Crippen LogP contribution in [0, 0.1) is 5.82 Å². The lowest BCUT2D eigenvalue weighted by atomic mass is 10.2. The van der Waals surface area contributed by atoms with E-state index in [0.29, 0.717) is 0 Å². The first-order valence-corrected chi connectivity index (χ1v) is 3.18. The number of amides is 1. The Morgan fingerprint density at radius 1 is 1.75 bits per heavy atom. The summed E-state index contributed by atoms with van der Waals surface area (Å²) >= 11 is 0. The van der Waals surface area contributed by atoms with Gasteiger partial charge in [-0.1, -0.05) is 0 Å². The molecule has 0 unspecified atom stereocenters. The van der Waals surface area contributed by atoms with E-state index in [-0.39, 0.29) is 5.56 Å². The van der Waals surface area contributed by atoms with Gasteiger partial charge in [-0.2, -0.15) is 0 Å². The molecular formula is C7H7FN2O2. The van der Waals surface area contributed by atoms with Crippen LogP contribution in [-0.2, 0) is 4.84 Å². The third kappa shape index (κ3) is 1.76. The van der Waals surface area contributed by atoms with Crippen molar-refractivity contribution >= 4 is 5.91 Å². The Morgan fingerprint density at radius 3 is 3.08 bits per heavy atom. The number of carbonyl (C=O) groups is 1. The second kappa shape index (κ2) is 3.77. The maximum absolute atomic E-state index is 12.8. The highest BCUT2D eigenvalue weighted by molar-refractivity contribution is 5.93. The van der Waals surface area contributed by atoms with Crippen LogP contribution in [0.3, 0.4) is 0 Å². The van der Waals surface area contributed by atoms with Gasteiger partial charge < -0.3 is 0 Å². The van der Waals surface area contributed by atoms with Crippen LogP contribution >= 0.6 is 0 Å². The van der Waals surface area contributed by atoms with E-state index >= 15 is 0 Å². The van der Waals surface area contributed by atoms with Crippen LogP contribution in [0.4, 0.5) is 4.39 Å². The normalized spacial score (nSPS) is 9.50. The fraction of sp³-hybridized carbons (Fsp3) is 0.143. The molecule has 1 aromatic heterocycles. The Kier molecular flexibility index (Phi) is 2.71. The molecule has 0 aliphatic heterocycles. The predicted molar refractivity (Wildman–Crippen MR) is 38.7 cm³/mol. The van der Waals surface area contributed by atoms with Gasteiger partial charge in [0.1, 0.15) is 0 Å². The van der Waals surface area contributed by atoms with Crippen LogP contribution in [0.5, 0.6) is 0 Å². The standard InChI is InChI=1S/C7H7FN2O2/c1-12-10-7(11)5-2-3-9-4-6(5)8/h2-4H,1H3,(H,10,11). The van der Waals surface area contributed by atoms with Gasteiger partial charge in [0.2, 0.25) is 0 Å². The first kappa shape index (κ1) is 8.61. The van der Waals surface area contributed by atoms with Crippen LogP contribution in [-0.4, -0.2) is 18.0 Å². The van der Waals surface area contributed by atoms with Crippen molar-refractivity contribution < 1.29 is 14.0 Å². The minimum atomic E-state index is -0.674. The van der Waals surface area contributed by atoms with E-state index in [9.17, 15) is 9.18 Å². The molecule has 0 spiro atoms. The molecule has 0 radical (unpaired) electrons. The molecule has 0 bridgehead atoms. The molecule has 0 aliphatic carbocycles. The smallest absolute Gasteiger partial charge is 0.277 e. The molecule has 1 heterocycles. The third-order valence-corrected chi connectivity index (χ3v) is 1.21. The SMILES string of the molecule is CONC(=O)c1ccncc1F. The van der Waals surface area contributed by atoms with Gasteiger partial charge in [0.05, 0.1) is 18.9 Å². The zero-order chi connectivity index (χ0) is 8.97. The van der Waals surface area contributed by atoms with Crippen molar-refractivity contribution in [3.05, 3.63) is 29.8 Å². The molecule has 0 saturated carbocycles. The van der Waals surface area contributed by atoms with Crippen molar-refractivity contribution in [1.82, 2.24) is 10.5 Å². The zero-order valence-corrected chi connectivity index (χ0v) is 6.37. The van der Waals surface area contributed by atoms with E-state index in [4.69, 9.17) is 0 Å². The predicted octanol–water partition coefficient (Wildman–Crippen LogP) is 0.512. The number of aromatic nitrogens is 1. The average Bonchev–Trinajstić information content (AvgIpc) is 2.05. The number of hydrogen-bond acceptors (Lipinski definition) is 3. The van der Waals surface area contributed by atoms with Gasteiger partial charge in [-0.3, -0.25) is 14.6 Å². The molecule has 4 nitrogen and oxygen atoms in total. The fourth-order valence-corrected chi connectivity index (χ4v) is 0.707. The first-order valence-electron chi connectivity index (χ1n) is 3.18. The lowest BCUT2D eigenvalue weighted by Crippen LogP contribution is -2.22. The highest BCUT2D eigenvalue weighted by Crippen LogP contribution is 2.03. The summed E-state index contributed by atoms with van der Waals surface area (Å²) in [5.41, 5.74) is 1.91. The van der Waals surface area contributed by atoms with Gasteiger partial charge in [-0.15, -0.1) is 0 Å². The summed E-state index contributed by atoms with van der Waals surface area (Å²) in [4.78, 5) is 18.8. The number of carbonyl (C=O) groups excluding carboxylic acids is 1. The minimum Gasteiger partial charge on any atom is -0.277 e. The molecule has 1 rings (SSSR count). The van der Waals surface area contributed by atoms with Crippen molar-refractivity contribution in [3.8, 4) is 0 Å². The minimum absolute atomic E-state index is 0.0909. The van der Waals surface area contributed by atoms with Gasteiger partial charge in [0, 0.05) is 6.20 Å². The molecule has 0 atom stereocenters. The maximum atomic E-state index is 12.8. The molecule has 1 amide bonds. The molecular weight excluding hydrogens is 163 g/mol.